The Hall–Kier alpha value is -1.42. The van der Waals surface area contributed by atoms with Crippen molar-refractivity contribution < 1.29 is 9.18 Å². The first-order valence-corrected chi connectivity index (χ1v) is 7.83. The van der Waals surface area contributed by atoms with E-state index in [2.05, 4.69) is 26.1 Å². The van der Waals surface area contributed by atoms with Gasteiger partial charge in [0, 0.05) is 11.6 Å². The van der Waals surface area contributed by atoms with E-state index in [1.807, 2.05) is 17.9 Å². The molecule has 1 aromatic rings. The minimum Gasteiger partial charge on any atom is -0.318 e. The highest BCUT2D eigenvalue weighted by molar-refractivity contribution is 5.84. The van der Waals surface area contributed by atoms with E-state index in [4.69, 9.17) is 0 Å². The summed E-state index contributed by atoms with van der Waals surface area (Å²) in [6, 6.07) is 6.51. The molecule has 0 aromatic heterocycles. The molecular weight excluding hydrogens is 267 g/mol. The number of nitrogens with zero attached hydrogens (tertiary/aromatic N) is 1. The highest BCUT2D eigenvalue weighted by Crippen LogP contribution is 2.32. The third kappa shape index (κ3) is 2.95. The van der Waals surface area contributed by atoms with Gasteiger partial charge in [-0.3, -0.25) is 10.1 Å². The van der Waals surface area contributed by atoms with Crippen molar-refractivity contribution in [3.63, 3.8) is 0 Å². The lowest BCUT2D eigenvalue weighted by molar-refractivity contribution is -0.133. The maximum atomic E-state index is 14.1. The van der Waals surface area contributed by atoms with Gasteiger partial charge < -0.3 is 4.90 Å². The summed E-state index contributed by atoms with van der Waals surface area (Å²) in [6.45, 7) is 8.19. The average Bonchev–Trinajstić information content (AvgIpc) is 2.76. The molecule has 1 fully saturated rings. The van der Waals surface area contributed by atoms with Crippen LogP contribution in [-0.2, 0) is 4.79 Å². The normalized spacial score (nSPS) is 23.9. The summed E-state index contributed by atoms with van der Waals surface area (Å²) in [5, 5.41) is 3.23. The Balaban J connectivity index is 2.35. The molecule has 1 aliphatic heterocycles. The molecule has 1 saturated heterocycles. The molecule has 3 atom stereocenters. The Labute approximate surface area is 126 Å². The van der Waals surface area contributed by atoms with Gasteiger partial charge in [0.1, 0.15) is 12.0 Å². The van der Waals surface area contributed by atoms with Crippen LogP contribution in [0, 0.1) is 11.7 Å². The van der Waals surface area contributed by atoms with Crippen molar-refractivity contribution in [2.24, 2.45) is 5.92 Å². The van der Waals surface area contributed by atoms with Gasteiger partial charge in [-0.1, -0.05) is 44.9 Å². The fourth-order valence-corrected chi connectivity index (χ4v) is 3.31. The van der Waals surface area contributed by atoms with Crippen LogP contribution in [-0.4, -0.2) is 22.9 Å². The Kier molecular flexibility index (Phi) is 4.99. The topological polar surface area (TPSA) is 32.3 Å². The van der Waals surface area contributed by atoms with Crippen LogP contribution in [0.4, 0.5) is 4.39 Å². The number of carbonyl (C=O) groups excluding carboxylic acids is 1. The maximum absolute atomic E-state index is 14.1. The zero-order valence-corrected chi connectivity index (χ0v) is 13.3. The van der Waals surface area contributed by atoms with Crippen molar-refractivity contribution in [3.05, 3.63) is 35.6 Å². The van der Waals surface area contributed by atoms with Gasteiger partial charge in [-0.15, -0.1) is 0 Å². The summed E-state index contributed by atoms with van der Waals surface area (Å²) < 4.78 is 14.1. The molecule has 3 nitrogen and oxygen atoms in total. The van der Waals surface area contributed by atoms with Crippen LogP contribution >= 0.6 is 0 Å². The Bertz CT molecular complexity index is 501. The number of hydrogen-bond acceptors (Lipinski definition) is 2. The van der Waals surface area contributed by atoms with Crippen LogP contribution in [0.2, 0.25) is 0 Å². The average molecular weight is 292 g/mol. The highest BCUT2D eigenvalue weighted by atomic mass is 19.1. The Morgan fingerprint density at radius 2 is 1.90 bits per heavy atom. The molecule has 1 aliphatic rings. The molecule has 21 heavy (non-hydrogen) atoms. The number of nitrogens with one attached hydrogen (secondary N) is 1. The van der Waals surface area contributed by atoms with E-state index >= 15 is 0 Å². The van der Waals surface area contributed by atoms with E-state index in [0.29, 0.717) is 11.5 Å². The molecule has 4 heteroatoms. The van der Waals surface area contributed by atoms with Gasteiger partial charge in [0.05, 0.1) is 6.04 Å². The van der Waals surface area contributed by atoms with E-state index in [0.717, 1.165) is 12.8 Å². The van der Waals surface area contributed by atoms with Gasteiger partial charge in [-0.2, -0.15) is 0 Å². The lowest BCUT2D eigenvalue weighted by atomic mass is 9.93. The molecule has 0 spiro atoms. The van der Waals surface area contributed by atoms with Crippen molar-refractivity contribution in [2.45, 2.75) is 58.8 Å². The predicted molar refractivity (Wildman–Crippen MR) is 82.1 cm³/mol. The summed E-state index contributed by atoms with van der Waals surface area (Å²) in [5.41, 5.74) is 0.549. The van der Waals surface area contributed by atoms with Gasteiger partial charge in [0.25, 0.3) is 0 Å². The number of hydrogen-bond donors (Lipinski definition) is 1. The fraction of sp³-hybridized carbons (Fsp3) is 0.588. The lowest BCUT2D eigenvalue weighted by Crippen LogP contribution is -2.42. The molecule has 0 aliphatic carbocycles. The van der Waals surface area contributed by atoms with Gasteiger partial charge in [-0.25, -0.2) is 4.39 Å². The largest absolute Gasteiger partial charge is 0.318 e. The van der Waals surface area contributed by atoms with E-state index in [1.165, 1.54) is 6.07 Å². The van der Waals surface area contributed by atoms with Crippen molar-refractivity contribution in [2.75, 3.05) is 0 Å². The van der Waals surface area contributed by atoms with Crippen LogP contribution in [0.3, 0.4) is 0 Å². The maximum Gasteiger partial charge on any atom is 0.241 e. The number of carbonyl (C=O) groups is 1. The van der Waals surface area contributed by atoms with Crippen molar-refractivity contribution in [3.8, 4) is 0 Å². The second-order valence-electron chi connectivity index (χ2n) is 5.88. The van der Waals surface area contributed by atoms with Crippen LogP contribution in [0.15, 0.2) is 24.3 Å². The van der Waals surface area contributed by atoms with Crippen LogP contribution in [0.1, 0.15) is 52.3 Å². The minimum atomic E-state index is -0.371. The van der Waals surface area contributed by atoms with Crippen LogP contribution < -0.4 is 5.32 Å². The van der Waals surface area contributed by atoms with Gasteiger partial charge in [0.2, 0.25) is 5.91 Å². The van der Waals surface area contributed by atoms with Crippen LogP contribution in [0.5, 0.6) is 0 Å². The van der Waals surface area contributed by atoms with Gasteiger partial charge in [-0.05, 0) is 25.8 Å². The molecule has 0 saturated carbocycles. The third-order valence-electron chi connectivity index (χ3n) is 4.68. The number of halogens is 1. The van der Waals surface area contributed by atoms with Crippen molar-refractivity contribution in [1.29, 1.82) is 0 Å². The summed E-state index contributed by atoms with van der Waals surface area (Å²) in [4.78, 5) is 14.4. The molecule has 3 unspecified atom stereocenters. The zero-order chi connectivity index (χ0) is 15.6. The predicted octanol–water partition coefficient (Wildman–Crippen LogP) is 3.47. The standard InChI is InChI=1S/C17H25FN2O/c1-5-13(6-2)12(4)20-16(19-11(3)17(20)21)14-9-7-8-10-15(14)18/h7-13,16,19H,5-6H2,1-4H3. The van der Waals surface area contributed by atoms with Gasteiger partial charge >= 0.3 is 0 Å². The molecule has 1 amide bonds. The molecule has 2 rings (SSSR count). The van der Waals surface area contributed by atoms with E-state index in [1.54, 1.807) is 12.1 Å². The molecule has 1 N–H and O–H groups in total. The minimum absolute atomic E-state index is 0.0580. The molecule has 0 bridgehead atoms. The molecule has 116 valence electrons. The first-order chi connectivity index (χ1) is 10.0. The first-order valence-electron chi connectivity index (χ1n) is 7.83. The lowest BCUT2D eigenvalue weighted by Gasteiger charge is -2.35. The first kappa shape index (κ1) is 16.0. The van der Waals surface area contributed by atoms with E-state index < -0.39 is 0 Å². The van der Waals surface area contributed by atoms with E-state index in [-0.39, 0.29) is 30.0 Å². The number of rotatable bonds is 5. The Morgan fingerprint density at radius 3 is 2.48 bits per heavy atom. The Morgan fingerprint density at radius 1 is 1.29 bits per heavy atom. The second kappa shape index (κ2) is 6.56. The third-order valence-corrected chi connectivity index (χ3v) is 4.68. The second-order valence-corrected chi connectivity index (χ2v) is 5.88. The zero-order valence-electron chi connectivity index (χ0n) is 13.3. The smallest absolute Gasteiger partial charge is 0.241 e. The summed E-state index contributed by atoms with van der Waals surface area (Å²) in [6.07, 6.45) is 1.66. The van der Waals surface area contributed by atoms with Gasteiger partial charge in [0.15, 0.2) is 0 Å². The fourth-order valence-electron chi connectivity index (χ4n) is 3.31. The molecular formula is C17H25FN2O. The quantitative estimate of drug-likeness (QED) is 0.901. The summed E-state index contributed by atoms with van der Waals surface area (Å²) in [7, 11) is 0. The summed E-state index contributed by atoms with van der Waals surface area (Å²) in [5.74, 6) is 0.219. The summed E-state index contributed by atoms with van der Waals surface area (Å²) >= 11 is 0. The van der Waals surface area contributed by atoms with Crippen molar-refractivity contribution >= 4 is 5.91 Å². The van der Waals surface area contributed by atoms with Crippen LogP contribution in [0.25, 0.3) is 0 Å². The molecule has 1 heterocycles. The molecule has 0 radical (unpaired) electrons. The monoisotopic (exact) mass is 292 g/mol. The number of benzene rings is 1. The van der Waals surface area contributed by atoms with E-state index in [9.17, 15) is 9.18 Å². The number of amides is 1. The molecule has 1 aromatic carbocycles. The SMILES string of the molecule is CCC(CC)C(C)N1C(=O)C(C)NC1c1ccccc1F. The van der Waals surface area contributed by atoms with Crippen molar-refractivity contribution in [1.82, 2.24) is 10.2 Å². The highest BCUT2D eigenvalue weighted by Gasteiger charge is 2.42.